The maximum absolute atomic E-state index is 12.1. The largest absolute Gasteiger partial charge is 0.493 e. The number of ether oxygens (including phenoxy) is 4. The molecule has 2 aromatic heterocycles. The van der Waals surface area contributed by atoms with Crippen LogP contribution in [0, 0.1) is 0 Å². The van der Waals surface area contributed by atoms with Crippen molar-refractivity contribution in [1.29, 1.82) is 0 Å². The number of nitrogens with two attached hydrogens (primary N) is 1. The van der Waals surface area contributed by atoms with E-state index in [4.69, 9.17) is 24.7 Å². The summed E-state index contributed by atoms with van der Waals surface area (Å²) in [5, 5.41) is 0. The van der Waals surface area contributed by atoms with Gasteiger partial charge in [-0.3, -0.25) is 4.79 Å². The van der Waals surface area contributed by atoms with Crippen LogP contribution in [0.4, 0.5) is 0 Å². The molecule has 0 aliphatic rings. The number of benzene rings is 1. The van der Waals surface area contributed by atoms with Crippen molar-refractivity contribution in [2.75, 3.05) is 20.8 Å². The van der Waals surface area contributed by atoms with E-state index in [1.54, 1.807) is 42.6 Å². The molecule has 3 rings (SSSR count). The summed E-state index contributed by atoms with van der Waals surface area (Å²) >= 11 is 0. The minimum absolute atomic E-state index is 0.00709. The van der Waals surface area contributed by atoms with Crippen molar-refractivity contribution in [3.05, 3.63) is 48.3 Å². The van der Waals surface area contributed by atoms with E-state index >= 15 is 0 Å². The normalized spacial score (nSPS) is 10.3. The first-order valence-corrected chi connectivity index (χ1v) is 8.73. The first-order valence-electron chi connectivity index (χ1n) is 8.73. The summed E-state index contributed by atoms with van der Waals surface area (Å²) in [6.45, 7) is 2.31. The third-order valence-corrected chi connectivity index (χ3v) is 3.83. The Morgan fingerprint density at radius 2 is 1.83 bits per heavy atom. The number of hydrogen-bond donors (Lipinski definition) is 1. The van der Waals surface area contributed by atoms with Gasteiger partial charge in [0.25, 0.3) is 11.8 Å². The first-order chi connectivity index (χ1) is 14.1. The van der Waals surface area contributed by atoms with Crippen molar-refractivity contribution in [3.8, 4) is 40.4 Å². The molecule has 1 amide bonds. The Morgan fingerprint density at radius 1 is 1.07 bits per heavy atom. The van der Waals surface area contributed by atoms with Crippen LogP contribution in [0.5, 0.6) is 29.0 Å². The van der Waals surface area contributed by atoms with E-state index in [-0.39, 0.29) is 23.1 Å². The third-order valence-electron chi connectivity index (χ3n) is 3.83. The Hall–Kier alpha value is -3.88. The van der Waals surface area contributed by atoms with E-state index in [0.29, 0.717) is 29.5 Å². The average Bonchev–Trinajstić information content (AvgIpc) is 2.74. The molecule has 0 saturated carbocycles. The van der Waals surface area contributed by atoms with Gasteiger partial charge in [0.2, 0.25) is 11.6 Å². The standard InChI is InChI=1S/C20H20N4O5/c1-4-28-15-11-12(9-10-22-15)19-23-16(18(21)25)17(20(24-19)27-3)29-14-8-6-5-7-13(14)26-2/h5-11H,4H2,1-3H3,(H2,21,25). The summed E-state index contributed by atoms with van der Waals surface area (Å²) in [6, 6.07) is 10.3. The number of hydrogen-bond acceptors (Lipinski definition) is 8. The van der Waals surface area contributed by atoms with Gasteiger partial charge in [-0.2, -0.15) is 4.98 Å². The van der Waals surface area contributed by atoms with Gasteiger partial charge in [-0.1, -0.05) is 12.1 Å². The number of carbonyl (C=O) groups excluding carboxylic acids is 1. The van der Waals surface area contributed by atoms with E-state index in [1.165, 1.54) is 14.2 Å². The lowest BCUT2D eigenvalue weighted by molar-refractivity contribution is 0.0992. The van der Waals surface area contributed by atoms with E-state index in [0.717, 1.165) is 0 Å². The number of rotatable bonds is 8. The van der Waals surface area contributed by atoms with Crippen molar-refractivity contribution in [2.24, 2.45) is 5.73 Å². The predicted molar refractivity (Wildman–Crippen MR) is 105 cm³/mol. The summed E-state index contributed by atoms with van der Waals surface area (Å²) in [6.07, 6.45) is 1.55. The summed E-state index contributed by atoms with van der Waals surface area (Å²) in [5.74, 6) is 0.681. The molecule has 29 heavy (non-hydrogen) atoms. The highest BCUT2D eigenvalue weighted by molar-refractivity contribution is 5.95. The predicted octanol–water partition coefficient (Wildman–Crippen LogP) is 2.85. The van der Waals surface area contributed by atoms with Crippen molar-refractivity contribution >= 4 is 5.91 Å². The molecular formula is C20H20N4O5. The van der Waals surface area contributed by atoms with Crippen LogP contribution in [0.2, 0.25) is 0 Å². The molecule has 1 aromatic carbocycles. The van der Waals surface area contributed by atoms with Gasteiger partial charge in [0.05, 0.1) is 20.8 Å². The van der Waals surface area contributed by atoms with Crippen molar-refractivity contribution < 1.29 is 23.7 Å². The second kappa shape index (κ2) is 8.87. The van der Waals surface area contributed by atoms with Gasteiger partial charge in [-0.15, -0.1) is 0 Å². The fraction of sp³-hybridized carbons (Fsp3) is 0.200. The maximum Gasteiger partial charge on any atom is 0.271 e. The molecule has 2 N–H and O–H groups in total. The first kappa shape index (κ1) is 19.9. The van der Waals surface area contributed by atoms with Crippen molar-refractivity contribution in [2.45, 2.75) is 6.92 Å². The van der Waals surface area contributed by atoms with Crippen LogP contribution < -0.4 is 24.7 Å². The molecule has 9 nitrogen and oxygen atoms in total. The van der Waals surface area contributed by atoms with E-state index in [1.807, 2.05) is 6.92 Å². The molecule has 0 saturated heterocycles. The molecule has 2 heterocycles. The zero-order valence-electron chi connectivity index (χ0n) is 16.2. The molecule has 0 fully saturated rings. The Labute approximate surface area is 167 Å². The van der Waals surface area contributed by atoms with Gasteiger partial charge >= 0.3 is 0 Å². The minimum atomic E-state index is -0.795. The quantitative estimate of drug-likeness (QED) is 0.617. The Morgan fingerprint density at radius 3 is 2.48 bits per heavy atom. The molecule has 9 heteroatoms. The van der Waals surface area contributed by atoms with Crippen LogP contribution >= 0.6 is 0 Å². The number of pyridine rings is 1. The van der Waals surface area contributed by atoms with Gasteiger partial charge in [0, 0.05) is 17.8 Å². The fourth-order valence-electron chi connectivity index (χ4n) is 2.54. The van der Waals surface area contributed by atoms with Gasteiger partial charge in [0.15, 0.2) is 23.0 Å². The fourth-order valence-corrected chi connectivity index (χ4v) is 2.54. The lowest BCUT2D eigenvalue weighted by Gasteiger charge is -2.15. The third kappa shape index (κ3) is 4.34. The molecule has 0 spiro atoms. The molecule has 0 radical (unpaired) electrons. The second-order valence-corrected chi connectivity index (χ2v) is 5.67. The lowest BCUT2D eigenvalue weighted by Crippen LogP contribution is -2.16. The number of methoxy groups -OCH3 is 2. The summed E-state index contributed by atoms with van der Waals surface area (Å²) in [7, 11) is 2.91. The van der Waals surface area contributed by atoms with Crippen LogP contribution in [0.3, 0.4) is 0 Å². The van der Waals surface area contributed by atoms with Crippen LogP contribution in [-0.2, 0) is 0 Å². The van der Waals surface area contributed by atoms with E-state index in [2.05, 4.69) is 15.0 Å². The highest BCUT2D eigenvalue weighted by Gasteiger charge is 2.23. The molecule has 0 aliphatic carbocycles. The zero-order chi connectivity index (χ0) is 20.8. The van der Waals surface area contributed by atoms with Crippen LogP contribution in [-0.4, -0.2) is 41.7 Å². The van der Waals surface area contributed by atoms with Gasteiger partial charge < -0.3 is 24.7 Å². The number of primary amides is 1. The zero-order valence-corrected chi connectivity index (χ0v) is 16.2. The number of nitrogens with zero attached hydrogens (tertiary/aromatic N) is 3. The molecular weight excluding hydrogens is 376 g/mol. The second-order valence-electron chi connectivity index (χ2n) is 5.67. The Balaban J connectivity index is 2.11. The Kier molecular flexibility index (Phi) is 6.08. The molecule has 0 aliphatic heterocycles. The Bertz CT molecular complexity index is 1030. The number of aromatic nitrogens is 3. The molecule has 150 valence electrons. The number of para-hydroxylation sites is 2. The lowest BCUT2D eigenvalue weighted by atomic mass is 10.2. The van der Waals surface area contributed by atoms with Crippen molar-refractivity contribution in [3.63, 3.8) is 0 Å². The average molecular weight is 396 g/mol. The van der Waals surface area contributed by atoms with Gasteiger partial charge in [0.1, 0.15) is 0 Å². The van der Waals surface area contributed by atoms with E-state index in [9.17, 15) is 4.79 Å². The summed E-state index contributed by atoms with van der Waals surface area (Å²) in [4.78, 5) is 24.9. The highest BCUT2D eigenvalue weighted by Crippen LogP contribution is 2.38. The SMILES string of the molecule is CCOc1cc(-c2nc(OC)c(Oc3ccccc3OC)c(C(N)=O)n2)ccn1. The van der Waals surface area contributed by atoms with E-state index < -0.39 is 5.91 Å². The summed E-state index contributed by atoms with van der Waals surface area (Å²) < 4.78 is 21.9. The molecule has 0 bridgehead atoms. The number of amides is 1. The molecule has 0 atom stereocenters. The van der Waals surface area contributed by atoms with Crippen LogP contribution in [0.1, 0.15) is 17.4 Å². The van der Waals surface area contributed by atoms with Crippen molar-refractivity contribution in [1.82, 2.24) is 15.0 Å². The molecule has 0 unspecified atom stereocenters. The number of carbonyl (C=O) groups is 1. The maximum atomic E-state index is 12.1. The van der Waals surface area contributed by atoms with Gasteiger partial charge in [-0.05, 0) is 25.1 Å². The summed E-state index contributed by atoms with van der Waals surface area (Å²) in [5.41, 5.74) is 6.00. The topological polar surface area (TPSA) is 119 Å². The monoisotopic (exact) mass is 396 g/mol. The minimum Gasteiger partial charge on any atom is -0.493 e. The van der Waals surface area contributed by atoms with Crippen LogP contribution in [0.25, 0.3) is 11.4 Å². The van der Waals surface area contributed by atoms with Crippen LogP contribution in [0.15, 0.2) is 42.6 Å². The van der Waals surface area contributed by atoms with Gasteiger partial charge in [-0.25, -0.2) is 9.97 Å². The highest BCUT2D eigenvalue weighted by atomic mass is 16.5. The smallest absolute Gasteiger partial charge is 0.271 e. The molecule has 3 aromatic rings.